The number of hydrogen-bond acceptors (Lipinski definition) is 4. The van der Waals surface area contributed by atoms with E-state index in [2.05, 4.69) is 0 Å². The highest BCUT2D eigenvalue weighted by Gasteiger charge is 2.13. The normalized spacial score (nSPS) is 11.8. The summed E-state index contributed by atoms with van der Waals surface area (Å²) in [5.74, 6) is -0.0341. The number of ether oxygens (including phenoxy) is 2. The number of carbonyl (C=O) groups is 2. The molecule has 2 aromatic rings. The zero-order valence-corrected chi connectivity index (χ0v) is 13.6. The van der Waals surface area contributed by atoms with Gasteiger partial charge in [0.05, 0.1) is 19.8 Å². The zero-order chi connectivity index (χ0) is 17.0. The molecule has 1 atom stereocenters. The van der Waals surface area contributed by atoms with Crippen LogP contribution in [-0.4, -0.2) is 24.8 Å². The van der Waals surface area contributed by atoms with Crippen LogP contribution in [0.25, 0.3) is 0 Å². The van der Waals surface area contributed by atoms with E-state index in [1.165, 1.54) is 0 Å². The van der Waals surface area contributed by atoms with Crippen LogP contribution in [0.3, 0.4) is 0 Å². The van der Waals surface area contributed by atoms with Crippen molar-refractivity contribution in [3.05, 3.63) is 71.8 Å². The molecule has 0 fully saturated rings. The van der Waals surface area contributed by atoms with Crippen LogP contribution in [0.1, 0.15) is 24.0 Å². The predicted molar refractivity (Wildman–Crippen MR) is 91.4 cm³/mol. The molecule has 0 saturated heterocycles. The Morgan fingerprint density at radius 3 is 2.08 bits per heavy atom. The molecular weight excluding hydrogens is 304 g/mol. The van der Waals surface area contributed by atoms with E-state index in [1.54, 1.807) is 0 Å². The lowest BCUT2D eigenvalue weighted by atomic mass is 10.1. The number of ketones is 1. The molecule has 0 aliphatic carbocycles. The summed E-state index contributed by atoms with van der Waals surface area (Å²) in [6.45, 7) is 1.15. The van der Waals surface area contributed by atoms with Crippen LogP contribution >= 0.6 is 0 Å². The fourth-order valence-electron chi connectivity index (χ4n) is 2.20. The number of aldehydes is 1. The molecule has 2 rings (SSSR count). The van der Waals surface area contributed by atoms with Gasteiger partial charge in [-0.2, -0.15) is 0 Å². The Balaban J connectivity index is 1.63. The van der Waals surface area contributed by atoms with Crippen LogP contribution in [0.5, 0.6) is 0 Å². The van der Waals surface area contributed by atoms with Crippen LogP contribution in [0.4, 0.5) is 0 Å². The first-order valence-corrected chi connectivity index (χ1v) is 8.02. The van der Waals surface area contributed by atoms with Gasteiger partial charge in [0.2, 0.25) is 0 Å². The van der Waals surface area contributed by atoms with Crippen LogP contribution in [0, 0.1) is 0 Å². The van der Waals surface area contributed by atoms with Gasteiger partial charge >= 0.3 is 0 Å². The van der Waals surface area contributed by atoms with Gasteiger partial charge in [0.25, 0.3) is 0 Å². The fourth-order valence-corrected chi connectivity index (χ4v) is 2.20. The lowest BCUT2D eigenvalue weighted by molar-refractivity contribution is -0.129. The molecule has 24 heavy (non-hydrogen) atoms. The lowest BCUT2D eigenvalue weighted by Crippen LogP contribution is -2.20. The minimum absolute atomic E-state index is 0.0341. The average Bonchev–Trinajstić information content (AvgIpc) is 2.64. The Morgan fingerprint density at radius 2 is 1.50 bits per heavy atom. The zero-order valence-electron chi connectivity index (χ0n) is 13.6. The summed E-state index contributed by atoms with van der Waals surface area (Å²) in [4.78, 5) is 23.0. The first-order valence-electron chi connectivity index (χ1n) is 8.02. The SMILES string of the molecule is O=C[C@H](CC(=O)CCOCc1ccccc1)OCc1ccccc1. The summed E-state index contributed by atoms with van der Waals surface area (Å²) in [5.41, 5.74) is 2.05. The minimum Gasteiger partial charge on any atom is -0.376 e. The summed E-state index contributed by atoms with van der Waals surface area (Å²) in [7, 11) is 0. The largest absolute Gasteiger partial charge is 0.376 e. The molecule has 0 amide bonds. The Hall–Kier alpha value is -2.30. The van der Waals surface area contributed by atoms with Crippen molar-refractivity contribution in [2.24, 2.45) is 0 Å². The molecule has 0 radical (unpaired) electrons. The summed E-state index contributed by atoms with van der Waals surface area (Å²) in [6, 6.07) is 19.4. The van der Waals surface area contributed by atoms with Crippen molar-refractivity contribution in [1.82, 2.24) is 0 Å². The molecule has 0 spiro atoms. The van der Waals surface area contributed by atoms with Gasteiger partial charge in [-0.3, -0.25) is 4.79 Å². The second-order valence-corrected chi connectivity index (χ2v) is 5.50. The summed E-state index contributed by atoms with van der Waals surface area (Å²) < 4.78 is 11.0. The van der Waals surface area contributed by atoms with Gasteiger partial charge in [0.1, 0.15) is 18.2 Å². The predicted octanol–water partition coefficient (Wildman–Crippen LogP) is 3.34. The second kappa shape index (κ2) is 10.5. The summed E-state index contributed by atoms with van der Waals surface area (Å²) in [5, 5.41) is 0. The minimum atomic E-state index is -0.702. The molecule has 126 valence electrons. The van der Waals surface area contributed by atoms with Crippen molar-refractivity contribution in [1.29, 1.82) is 0 Å². The Labute approximate surface area is 142 Å². The topological polar surface area (TPSA) is 52.6 Å². The third-order valence-corrected chi connectivity index (χ3v) is 3.52. The Morgan fingerprint density at radius 1 is 0.917 bits per heavy atom. The highest BCUT2D eigenvalue weighted by Crippen LogP contribution is 2.07. The molecule has 0 saturated carbocycles. The van der Waals surface area contributed by atoms with Gasteiger partial charge in [0.15, 0.2) is 0 Å². The van der Waals surface area contributed by atoms with E-state index >= 15 is 0 Å². The van der Waals surface area contributed by atoms with Crippen LogP contribution < -0.4 is 0 Å². The van der Waals surface area contributed by atoms with Gasteiger partial charge in [0, 0.05) is 12.8 Å². The molecule has 0 bridgehead atoms. The molecule has 0 N–H and O–H groups in total. The molecular formula is C20H22O4. The van der Waals surface area contributed by atoms with Crippen molar-refractivity contribution >= 4 is 12.1 Å². The summed E-state index contributed by atoms with van der Waals surface area (Å²) >= 11 is 0. The van der Waals surface area contributed by atoms with E-state index in [1.807, 2.05) is 60.7 Å². The fraction of sp³-hybridized carbons (Fsp3) is 0.300. The van der Waals surface area contributed by atoms with Gasteiger partial charge in [-0.15, -0.1) is 0 Å². The monoisotopic (exact) mass is 326 g/mol. The van der Waals surface area contributed by atoms with E-state index in [-0.39, 0.29) is 18.6 Å². The van der Waals surface area contributed by atoms with Gasteiger partial charge in [-0.25, -0.2) is 0 Å². The number of rotatable bonds is 11. The molecule has 2 aromatic carbocycles. The smallest absolute Gasteiger partial charge is 0.149 e. The Kier molecular flexibility index (Phi) is 7.87. The van der Waals surface area contributed by atoms with Gasteiger partial charge < -0.3 is 14.3 Å². The Bertz CT molecular complexity index is 610. The number of hydrogen-bond donors (Lipinski definition) is 0. The second-order valence-electron chi connectivity index (χ2n) is 5.50. The van der Waals surface area contributed by atoms with Crippen LogP contribution in [-0.2, 0) is 32.3 Å². The van der Waals surface area contributed by atoms with Crippen molar-refractivity contribution in [2.45, 2.75) is 32.2 Å². The average molecular weight is 326 g/mol. The molecule has 4 heteroatoms. The third kappa shape index (κ3) is 6.86. The number of carbonyl (C=O) groups excluding carboxylic acids is 2. The molecule has 0 unspecified atom stereocenters. The van der Waals surface area contributed by atoms with Crippen molar-refractivity contribution in [3.8, 4) is 0 Å². The van der Waals surface area contributed by atoms with Crippen molar-refractivity contribution < 1.29 is 19.1 Å². The van der Waals surface area contributed by atoms with Crippen molar-refractivity contribution in [3.63, 3.8) is 0 Å². The highest BCUT2D eigenvalue weighted by atomic mass is 16.5. The first kappa shape index (κ1) is 18.0. The molecule has 0 aliphatic heterocycles. The van der Waals surface area contributed by atoms with Crippen LogP contribution in [0.2, 0.25) is 0 Å². The number of Topliss-reactive ketones (excluding diaryl/α,β-unsaturated/α-hetero) is 1. The van der Waals surface area contributed by atoms with E-state index in [0.717, 1.165) is 11.1 Å². The van der Waals surface area contributed by atoms with E-state index in [0.29, 0.717) is 26.1 Å². The maximum atomic E-state index is 11.9. The van der Waals surface area contributed by atoms with Crippen LogP contribution in [0.15, 0.2) is 60.7 Å². The highest BCUT2D eigenvalue weighted by molar-refractivity contribution is 5.82. The molecule has 0 aliphatic rings. The van der Waals surface area contributed by atoms with E-state index in [4.69, 9.17) is 9.47 Å². The summed E-state index contributed by atoms with van der Waals surface area (Å²) in [6.07, 6.45) is 0.356. The van der Waals surface area contributed by atoms with Crippen molar-refractivity contribution in [2.75, 3.05) is 6.61 Å². The first-order chi connectivity index (χ1) is 11.8. The molecule has 0 aromatic heterocycles. The lowest BCUT2D eigenvalue weighted by Gasteiger charge is -2.11. The molecule has 0 heterocycles. The standard InChI is InChI=1S/C20H22O4/c21-14-20(24-16-18-9-5-2-6-10-18)13-19(22)11-12-23-15-17-7-3-1-4-8-17/h1-10,14,20H,11-13,15-16H2/t20-/m0/s1. The quantitative estimate of drug-likeness (QED) is 0.469. The number of benzene rings is 2. The third-order valence-electron chi connectivity index (χ3n) is 3.52. The maximum Gasteiger partial charge on any atom is 0.149 e. The molecule has 4 nitrogen and oxygen atoms in total. The van der Waals surface area contributed by atoms with Gasteiger partial charge in [-0.1, -0.05) is 60.7 Å². The van der Waals surface area contributed by atoms with E-state index < -0.39 is 6.10 Å². The van der Waals surface area contributed by atoms with E-state index in [9.17, 15) is 9.59 Å². The van der Waals surface area contributed by atoms with Gasteiger partial charge in [-0.05, 0) is 11.1 Å². The maximum absolute atomic E-state index is 11.9.